The van der Waals surface area contributed by atoms with E-state index in [0.29, 0.717) is 39.3 Å². The highest BCUT2D eigenvalue weighted by Crippen LogP contribution is 2.26. The zero-order valence-corrected chi connectivity index (χ0v) is 15.8. The smallest absolute Gasteiger partial charge is 0.149 e. The van der Waals surface area contributed by atoms with Gasteiger partial charge in [0.25, 0.3) is 0 Å². The first-order valence-electron chi connectivity index (χ1n) is 9.15. The van der Waals surface area contributed by atoms with Gasteiger partial charge in [-0.05, 0) is 36.4 Å². The third-order valence-electron chi connectivity index (χ3n) is 4.56. The number of nitriles is 2. The third kappa shape index (κ3) is 3.89. The number of nitrogens with one attached hydrogen (secondary N) is 1. The molecule has 1 N–H and O–H groups in total. The topological polar surface area (TPSA) is 85.5 Å². The number of hydrogen-bond acceptors (Lipinski definition) is 4. The summed E-state index contributed by atoms with van der Waals surface area (Å²) in [5, 5.41) is 18.9. The molecule has 0 aliphatic rings. The summed E-state index contributed by atoms with van der Waals surface area (Å²) in [5.41, 5.74) is 3.40. The number of para-hydroxylation sites is 1. The van der Waals surface area contributed by atoms with Gasteiger partial charge in [0.15, 0.2) is 0 Å². The van der Waals surface area contributed by atoms with Crippen LogP contribution in [-0.2, 0) is 6.61 Å². The maximum absolute atomic E-state index is 13.4. The lowest BCUT2D eigenvalue weighted by Gasteiger charge is -2.10. The number of hydrogen-bond donors (Lipinski definition) is 1. The fourth-order valence-corrected chi connectivity index (χ4v) is 3.06. The number of allylic oxidation sites excluding steroid dienone is 1. The van der Waals surface area contributed by atoms with Crippen LogP contribution < -0.4 is 4.74 Å². The van der Waals surface area contributed by atoms with Crippen LogP contribution in [0.3, 0.4) is 0 Å². The normalized spacial score (nSPS) is 11.1. The summed E-state index contributed by atoms with van der Waals surface area (Å²) in [5.74, 6) is 0.541. The summed E-state index contributed by atoms with van der Waals surface area (Å²) in [7, 11) is 0. The van der Waals surface area contributed by atoms with Crippen molar-refractivity contribution in [3.05, 3.63) is 95.1 Å². The maximum atomic E-state index is 13.4. The van der Waals surface area contributed by atoms with Crippen LogP contribution in [0.25, 0.3) is 22.7 Å². The summed E-state index contributed by atoms with van der Waals surface area (Å²) in [6.45, 7) is 0.223. The molecule has 0 atom stereocenters. The van der Waals surface area contributed by atoms with Crippen molar-refractivity contribution in [1.82, 2.24) is 9.97 Å². The Kier molecular flexibility index (Phi) is 5.23. The Morgan fingerprint density at radius 3 is 2.70 bits per heavy atom. The van der Waals surface area contributed by atoms with Gasteiger partial charge in [-0.1, -0.05) is 36.4 Å². The Morgan fingerprint density at radius 1 is 1.07 bits per heavy atom. The molecule has 0 spiro atoms. The van der Waals surface area contributed by atoms with Crippen molar-refractivity contribution in [1.29, 1.82) is 10.5 Å². The number of H-pyrrole nitrogens is 1. The summed E-state index contributed by atoms with van der Waals surface area (Å²) in [4.78, 5) is 7.36. The molecule has 4 aromatic rings. The predicted molar refractivity (Wildman–Crippen MR) is 111 cm³/mol. The van der Waals surface area contributed by atoms with Crippen molar-refractivity contribution in [3.63, 3.8) is 0 Å². The van der Waals surface area contributed by atoms with Gasteiger partial charge in [0.05, 0.1) is 28.2 Å². The van der Waals surface area contributed by atoms with E-state index in [9.17, 15) is 14.9 Å². The molecule has 144 valence electrons. The average Bonchev–Trinajstić information content (AvgIpc) is 3.19. The van der Waals surface area contributed by atoms with Gasteiger partial charge in [0.2, 0.25) is 0 Å². The van der Waals surface area contributed by atoms with Gasteiger partial charge in [-0.15, -0.1) is 0 Å². The van der Waals surface area contributed by atoms with E-state index in [0.717, 1.165) is 5.56 Å². The second-order valence-corrected chi connectivity index (χ2v) is 6.51. The predicted octanol–water partition coefficient (Wildman–Crippen LogP) is 5.22. The van der Waals surface area contributed by atoms with E-state index in [1.807, 2.05) is 30.3 Å². The van der Waals surface area contributed by atoms with E-state index in [4.69, 9.17) is 4.74 Å². The molecule has 1 heterocycles. The minimum atomic E-state index is -0.378. The highest BCUT2D eigenvalue weighted by molar-refractivity contribution is 5.91. The molecule has 0 saturated heterocycles. The lowest BCUT2D eigenvalue weighted by atomic mass is 10.1. The van der Waals surface area contributed by atoms with Gasteiger partial charge >= 0.3 is 0 Å². The van der Waals surface area contributed by atoms with Crippen LogP contribution in [-0.4, -0.2) is 9.97 Å². The summed E-state index contributed by atoms with van der Waals surface area (Å²) in [6, 6.07) is 23.0. The fraction of sp³-hybridized carbons (Fsp3) is 0.0417. The Morgan fingerprint density at radius 2 is 1.87 bits per heavy atom. The molecule has 0 amide bonds. The minimum Gasteiger partial charge on any atom is -0.488 e. The molecule has 5 nitrogen and oxygen atoms in total. The Labute approximate surface area is 172 Å². The van der Waals surface area contributed by atoms with Crippen LogP contribution in [0.4, 0.5) is 4.39 Å². The molecule has 6 heteroatoms. The van der Waals surface area contributed by atoms with Crippen LogP contribution in [0, 0.1) is 28.5 Å². The van der Waals surface area contributed by atoms with E-state index < -0.39 is 0 Å². The average molecular weight is 394 g/mol. The number of rotatable bonds is 5. The van der Waals surface area contributed by atoms with Crippen LogP contribution in [0.2, 0.25) is 0 Å². The van der Waals surface area contributed by atoms with Crippen LogP contribution in [0.1, 0.15) is 22.5 Å². The van der Waals surface area contributed by atoms with Crippen LogP contribution in [0.5, 0.6) is 5.75 Å². The van der Waals surface area contributed by atoms with Crippen molar-refractivity contribution < 1.29 is 9.13 Å². The van der Waals surface area contributed by atoms with Gasteiger partial charge in [-0.3, -0.25) is 0 Å². The van der Waals surface area contributed by atoms with Gasteiger partial charge < -0.3 is 9.72 Å². The lowest BCUT2D eigenvalue weighted by molar-refractivity contribution is 0.305. The van der Waals surface area contributed by atoms with Crippen molar-refractivity contribution in [3.8, 4) is 17.9 Å². The number of nitrogens with zero attached hydrogens (tertiary/aromatic N) is 3. The highest BCUT2D eigenvalue weighted by atomic mass is 19.1. The molecule has 0 radical (unpaired) electrons. The van der Waals surface area contributed by atoms with Crippen molar-refractivity contribution >= 4 is 22.7 Å². The molecule has 3 aromatic carbocycles. The third-order valence-corrected chi connectivity index (χ3v) is 4.56. The Bertz CT molecular complexity index is 1340. The number of benzene rings is 3. The number of halogens is 1. The Balaban J connectivity index is 1.65. The van der Waals surface area contributed by atoms with E-state index in [2.05, 4.69) is 22.1 Å². The van der Waals surface area contributed by atoms with Crippen molar-refractivity contribution in [2.45, 2.75) is 6.61 Å². The zero-order valence-electron chi connectivity index (χ0n) is 15.8. The minimum absolute atomic E-state index is 0.223. The van der Waals surface area contributed by atoms with E-state index in [1.54, 1.807) is 30.3 Å². The standard InChI is InChI=1S/C24H15FN4O/c25-20-9-10-21-22(12-20)29-24(28-21)19(14-27)11-16-5-3-4-8-23(16)30-15-18-7-2-1-6-17(18)13-26/h1-12H,15H2,(H,28,29)/b19-11-. The molecular formula is C24H15FN4O. The van der Waals surface area contributed by atoms with Gasteiger partial charge in [-0.25, -0.2) is 9.37 Å². The van der Waals surface area contributed by atoms with Gasteiger partial charge in [-0.2, -0.15) is 10.5 Å². The number of ether oxygens (including phenoxy) is 1. The van der Waals surface area contributed by atoms with E-state index >= 15 is 0 Å². The lowest BCUT2D eigenvalue weighted by Crippen LogP contribution is -1.99. The number of aromatic amines is 1. The SMILES string of the molecule is N#C/C(=C/c1ccccc1OCc1ccccc1C#N)c1nc2ccc(F)cc2[nH]1. The Hall–Kier alpha value is -4.42. The maximum Gasteiger partial charge on any atom is 0.149 e. The van der Waals surface area contributed by atoms with Gasteiger partial charge in [0.1, 0.15) is 30.1 Å². The quantitative estimate of drug-likeness (QED) is 0.471. The highest BCUT2D eigenvalue weighted by Gasteiger charge is 2.11. The number of aromatic nitrogens is 2. The van der Waals surface area contributed by atoms with Crippen molar-refractivity contribution in [2.24, 2.45) is 0 Å². The largest absolute Gasteiger partial charge is 0.488 e. The second kappa shape index (κ2) is 8.30. The first-order valence-corrected chi connectivity index (χ1v) is 9.15. The fourth-order valence-electron chi connectivity index (χ4n) is 3.06. The number of fused-ring (bicyclic) bond motifs is 1. The van der Waals surface area contributed by atoms with Crippen molar-refractivity contribution in [2.75, 3.05) is 0 Å². The number of imidazole rings is 1. The molecule has 0 aliphatic heterocycles. The molecule has 4 rings (SSSR count). The van der Waals surface area contributed by atoms with Crippen LogP contribution in [0.15, 0.2) is 66.7 Å². The molecule has 1 aromatic heterocycles. The first-order chi connectivity index (χ1) is 14.7. The molecule has 0 aliphatic carbocycles. The molecule has 30 heavy (non-hydrogen) atoms. The van der Waals surface area contributed by atoms with E-state index in [-0.39, 0.29) is 12.4 Å². The summed E-state index contributed by atoms with van der Waals surface area (Å²) >= 11 is 0. The zero-order chi connectivity index (χ0) is 20.9. The molecule has 0 fully saturated rings. The van der Waals surface area contributed by atoms with Gasteiger partial charge in [0, 0.05) is 11.1 Å². The van der Waals surface area contributed by atoms with E-state index in [1.165, 1.54) is 12.1 Å². The summed E-state index contributed by atoms with van der Waals surface area (Å²) < 4.78 is 19.4. The van der Waals surface area contributed by atoms with Crippen LogP contribution >= 0.6 is 0 Å². The molecule has 0 saturated carbocycles. The molecule has 0 bridgehead atoms. The molecule has 0 unspecified atom stereocenters. The monoisotopic (exact) mass is 394 g/mol. The summed E-state index contributed by atoms with van der Waals surface area (Å²) in [6.07, 6.45) is 1.67. The first kappa shape index (κ1) is 18.9. The second-order valence-electron chi connectivity index (χ2n) is 6.51. The molecular weight excluding hydrogens is 379 g/mol.